The second kappa shape index (κ2) is 3.74. The van der Waals surface area contributed by atoms with Gasteiger partial charge in [-0.05, 0) is 34.1 Å². The Morgan fingerprint density at radius 1 is 1.13 bits per heavy atom. The molecule has 3 fully saturated rings. The van der Waals surface area contributed by atoms with E-state index in [0.717, 1.165) is 24.2 Å². The molecule has 3 rings (SSSR count). The molecule has 3 aliphatic heterocycles. The fourth-order valence-corrected chi connectivity index (χ4v) is 3.58. The van der Waals surface area contributed by atoms with E-state index in [1.165, 1.54) is 30.4 Å². The Kier molecular flexibility index (Phi) is 2.85. The fraction of sp³-hybridized carbons (Fsp3) is 1.00. The smallest absolute Gasteiger partial charge is 0.102 e. The van der Waals surface area contributed by atoms with Gasteiger partial charge < -0.3 is 4.48 Å². The van der Waals surface area contributed by atoms with Crippen molar-refractivity contribution in [3.05, 3.63) is 0 Å². The number of nitrogens with zero attached hydrogens (tertiary/aromatic N) is 2. The van der Waals surface area contributed by atoms with Gasteiger partial charge in [-0.15, -0.1) is 0 Å². The first-order valence-corrected chi connectivity index (χ1v) is 6.55. The first-order valence-electron chi connectivity index (χ1n) is 6.55. The molecule has 0 radical (unpaired) electrons. The molecule has 15 heavy (non-hydrogen) atoms. The highest BCUT2D eigenvalue weighted by atomic mass is 15.5. The van der Waals surface area contributed by atoms with Gasteiger partial charge in [0.1, 0.15) is 6.04 Å². The van der Waals surface area contributed by atoms with Crippen LogP contribution in [-0.2, 0) is 0 Å². The number of hydrogen-bond donors (Lipinski definition) is 0. The number of piperazine rings is 1. The lowest BCUT2D eigenvalue weighted by Gasteiger charge is -2.58. The largest absolute Gasteiger partial charge is 0.319 e. The highest BCUT2D eigenvalue weighted by Crippen LogP contribution is 2.36. The van der Waals surface area contributed by atoms with Crippen molar-refractivity contribution in [1.82, 2.24) is 4.90 Å². The number of likely N-dealkylation sites (N-methyl/N-ethyl adjacent to an activating group) is 1. The summed E-state index contributed by atoms with van der Waals surface area (Å²) in [5, 5.41) is 0. The van der Waals surface area contributed by atoms with Crippen molar-refractivity contribution < 1.29 is 4.48 Å². The Morgan fingerprint density at radius 2 is 1.80 bits per heavy atom. The van der Waals surface area contributed by atoms with Gasteiger partial charge in [0.15, 0.2) is 0 Å². The summed E-state index contributed by atoms with van der Waals surface area (Å²) in [7, 11) is 2.47. The van der Waals surface area contributed by atoms with Gasteiger partial charge in [0, 0.05) is 12.5 Å². The molecule has 0 amide bonds. The average molecular weight is 211 g/mol. The maximum atomic E-state index is 2.73. The molecule has 0 aromatic heterocycles. The molecule has 3 aliphatic rings. The summed E-state index contributed by atoms with van der Waals surface area (Å²) in [5.41, 5.74) is 0. The van der Waals surface area contributed by atoms with Crippen molar-refractivity contribution in [2.24, 2.45) is 0 Å². The minimum Gasteiger partial charge on any atom is -0.319 e. The van der Waals surface area contributed by atoms with E-state index in [0.29, 0.717) is 0 Å². The van der Waals surface area contributed by atoms with Crippen molar-refractivity contribution in [3.8, 4) is 0 Å². The van der Waals surface area contributed by atoms with Gasteiger partial charge in [0.05, 0.1) is 32.2 Å². The number of rotatable bonds is 2. The third-order valence-corrected chi connectivity index (χ3v) is 5.00. The van der Waals surface area contributed by atoms with Gasteiger partial charge in [-0.2, -0.15) is 0 Å². The van der Waals surface area contributed by atoms with Crippen LogP contribution in [-0.4, -0.2) is 53.7 Å². The van der Waals surface area contributed by atoms with Crippen molar-refractivity contribution >= 4 is 0 Å². The van der Waals surface area contributed by atoms with E-state index in [9.17, 15) is 0 Å². The molecule has 3 atom stereocenters. The topological polar surface area (TPSA) is 3.24 Å². The Balaban J connectivity index is 2.15. The minimum atomic E-state index is 0.735. The third-order valence-electron chi connectivity index (χ3n) is 5.00. The van der Waals surface area contributed by atoms with Crippen LogP contribution in [0.1, 0.15) is 40.5 Å². The van der Waals surface area contributed by atoms with Crippen LogP contribution in [0.3, 0.4) is 0 Å². The molecule has 3 heterocycles. The normalized spacial score (nSPS) is 41.8. The van der Waals surface area contributed by atoms with Crippen LogP contribution in [0.4, 0.5) is 0 Å². The lowest BCUT2D eigenvalue weighted by molar-refractivity contribution is -0.965. The molecule has 3 unspecified atom stereocenters. The van der Waals surface area contributed by atoms with E-state index in [1.807, 2.05) is 0 Å². The van der Waals surface area contributed by atoms with Crippen molar-refractivity contribution in [1.29, 1.82) is 0 Å². The summed E-state index contributed by atoms with van der Waals surface area (Å²) >= 11 is 0. The first-order chi connectivity index (χ1) is 6.95. The standard InChI is InChI=1S/C13H27N2/c1-10(2)14-8-13-7-6-12(14)9-15(13,5)11(3)4/h10-13H,6-9H2,1-5H3/q+1. The predicted molar refractivity (Wildman–Crippen MR) is 64.8 cm³/mol. The molecule has 88 valence electrons. The Hall–Kier alpha value is -0.0800. The summed E-state index contributed by atoms with van der Waals surface area (Å²) in [6.07, 6.45) is 2.88. The van der Waals surface area contributed by atoms with Crippen LogP contribution >= 0.6 is 0 Å². The van der Waals surface area contributed by atoms with Gasteiger partial charge in [0.2, 0.25) is 0 Å². The summed E-state index contributed by atoms with van der Waals surface area (Å²) < 4.78 is 1.31. The van der Waals surface area contributed by atoms with E-state index >= 15 is 0 Å². The summed E-state index contributed by atoms with van der Waals surface area (Å²) in [6, 6.07) is 3.26. The lowest BCUT2D eigenvalue weighted by atomic mass is 9.86. The quantitative estimate of drug-likeness (QED) is 0.632. The van der Waals surface area contributed by atoms with Gasteiger partial charge in [0.25, 0.3) is 0 Å². The zero-order chi connectivity index (χ0) is 11.2. The molecular formula is C13H27N2+. The van der Waals surface area contributed by atoms with E-state index in [1.54, 1.807) is 0 Å². The third kappa shape index (κ3) is 1.72. The predicted octanol–water partition coefficient (Wildman–Crippen LogP) is 2.10. The molecule has 3 saturated heterocycles. The first kappa shape index (κ1) is 11.4. The van der Waals surface area contributed by atoms with Crippen LogP contribution in [0.2, 0.25) is 0 Å². The zero-order valence-electron chi connectivity index (χ0n) is 11.0. The van der Waals surface area contributed by atoms with Crippen LogP contribution in [0.15, 0.2) is 0 Å². The second-order valence-electron chi connectivity index (χ2n) is 6.30. The van der Waals surface area contributed by atoms with Gasteiger partial charge in [-0.1, -0.05) is 0 Å². The molecule has 2 nitrogen and oxygen atoms in total. The van der Waals surface area contributed by atoms with Crippen LogP contribution in [0.5, 0.6) is 0 Å². The summed E-state index contributed by atoms with van der Waals surface area (Å²) in [4.78, 5) is 2.73. The molecule has 0 aliphatic carbocycles. The van der Waals surface area contributed by atoms with Gasteiger partial charge in [-0.3, -0.25) is 4.90 Å². The number of fused-ring (bicyclic) bond motifs is 3. The van der Waals surface area contributed by atoms with Crippen molar-refractivity contribution in [3.63, 3.8) is 0 Å². The molecule has 0 spiro atoms. The summed E-state index contributed by atoms with van der Waals surface area (Å²) in [5.74, 6) is 0. The van der Waals surface area contributed by atoms with E-state index in [4.69, 9.17) is 0 Å². The second-order valence-corrected chi connectivity index (χ2v) is 6.30. The summed E-state index contributed by atoms with van der Waals surface area (Å²) in [6.45, 7) is 12.2. The van der Waals surface area contributed by atoms with E-state index in [-0.39, 0.29) is 0 Å². The molecule has 2 heteroatoms. The van der Waals surface area contributed by atoms with Crippen LogP contribution in [0.25, 0.3) is 0 Å². The maximum absolute atomic E-state index is 2.73. The van der Waals surface area contributed by atoms with Gasteiger partial charge >= 0.3 is 0 Å². The number of hydrogen-bond acceptors (Lipinski definition) is 1. The van der Waals surface area contributed by atoms with Crippen LogP contribution < -0.4 is 0 Å². The number of piperidine rings is 2. The zero-order valence-corrected chi connectivity index (χ0v) is 11.0. The maximum Gasteiger partial charge on any atom is 0.102 e. The van der Waals surface area contributed by atoms with Gasteiger partial charge in [-0.25, -0.2) is 0 Å². The molecule has 0 saturated carbocycles. The SMILES string of the molecule is CC(C)N1CC2CCC1C[N+]2(C)C(C)C. The highest BCUT2D eigenvalue weighted by molar-refractivity contribution is 4.90. The Labute approximate surface area is 94.8 Å². The monoisotopic (exact) mass is 211 g/mol. The fourth-order valence-electron chi connectivity index (χ4n) is 3.58. The highest BCUT2D eigenvalue weighted by Gasteiger charge is 2.49. The molecule has 0 aromatic carbocycles. The number of quaternary nitrogens is 1. The Morgan fingerprint density at radius 3 is 2.20 bits per heavy atom. The molecular weight excluding hydrogens is 184 g/mol. The molecule has 0 aromatic rings. The van der Waals surface area contributed by atoms with Crippen molar-refractivity contribution in [2.75, 3.05) is 20.1 Å². The van der Waals surface area contributed by atoms with E-state index in [2.05, 4.69) is 39.6 Å². The molecule has 2 bridgehead atoms. The van der Waals surface area contributed by atoms with Crippen molar-refractivity contribution in [2.45, 2.75) is 64.7 Å². The lowest BCUT2D eigenvalue weighted by Crippen LogP contribution is -2.73. The Bertz CT molecular complexity index is 237. The minimum absolute atomic E-state index is 0.735. The van der Waals surface area contributed by atoms with E-state index < -0.39 is 0 Å². The van der Waals surface area contributed by atoms with Crippen LogP contribution in [0, 0.1) is 0 Å². The molecule has 0 N–H and O–H groups in total. The average Bonchev–Trinajstić information content (AvgIpc) is 2.17.